The molecule has 0 N–H and O–H groups in total. The topological polar surface area (TPSA) is 48.3 Å². The second-order valence-electron chi connectivity index (χ2n) is 2.01. The first-order chi connectivity index (χ1) is 5.22. The standard InChI is InChI=1S/C7H7NO3/c1-6(10)11-8-3-2-7(4-8)5-9/h2-5H,1H3. The predicted octanol–water partition coefficient (Wildman–Crippen LogP) is 0.276. The van der Waals surface area contributed by atoms with Gasteiger partial charge in [-0.1, -0.05) is 0 Å². The zero-order valence-corrected chi connectivity index (χ0v) is 5.98. The third kappa shape index (κ3) is 1.93. The second-order valence-corrected chi connectivity index (χ2v) is 2.01. The van der Waals surface area contributed by atoms with Gasteiger partial charge in [-0.15, -0.1) is 0 Å². The van der Waals surface area contributed by atoms with E-state index >= 15 is 0 Å². The van der Waals surface area contributed by atoms with Crippen LogP contribution in [0.5, 0.6) is 0 Å². The molecule has 4 nitrogen and oxygen atoms in total. The van der Waals surface area contributed by atoms with E-state index in [1.807, 2.05) is 0 Å². The lowest BCUT2D eigenvalue weighted by Crippen LogP contribution is -2.14. The first kappa shape index (κ1) is 7.53. The van der Waals surface area contributed by atoms with Crippen LogP contribution in [0.4, 0.5) is 0 Å². The molecule has 1 aromatic heterocycles. The third-order valence-electron chi connectivity index (χ3n) is 1.06. The summed E-state index contributed by atoms with van der Waals surface area (Å²) in [6, 6.07) is 1.55. The molecular formula is C7H7NO3. The van der Waals surface area contributed by atoms with Crippen LogP contribution in [0, 0.1) is 0 Å². The smallest absolute Gasteiger partial charge is 0.329 e. The Labute approximate surface area is 63.3 Å². The lowest BCUT2D eigenvalue weighted by atomic mass is 10.4. The molecule has 0 fully saturated rings. The van der Waals surface area contributed by atoms with Crippen molar-refractivity contribution in [3.05, 3.63) is 24.0 Å². The first-order valence-electron chi connectivity index (χ1n) is 3.04. The lowest BCUT2D eigenvalue weighted by molar-refractivity contribution is -0.141. The van der Waals surface area contributed by atoms with Crippen molar-refractivity contribution in [3.8, 4) is 0 Å². The Morgan fingerprint density at radius 3 is 2.91 bits per heavy atom. The van der Waals surface area contributed by atoms with E-state index in [-0.39, 0.29) is 0 Å². The Kier molecular flexibility index (Phi) is 2.06. The Bertz CT molecular complexity index is 277. The first-order valence-corrected chi connectivity index (χ1v) is 3.04. The highest BCUT2D eigenvalue weighted by molar-refractivity contribution is 5.74. The highest BCUT2D eigenvalue weighted by atomic mass is 16.7. The molecule has 0 aromatic carbocycles. The highest BCUT2D eigenvalue weighted by Crippen LogP contribution is 1.94. The zero-order chi connectivity index (χ0) is 8.27. The van der Waals surface area contributed by atoms with Crippen molar-refractivity contribution in [2.24, 2.45) is 0 Å². The molecule has 0 unspecified atom stereocenters. The maximum absolute atomic E-state index is 10.4. The van der Waals surface area contributed by atoms with Crippen molar-refractivity contribution in [2.75, 3.05) is 0 Å². The van der Waals surface area contributed by atoms with Gasteiger partial charge in [0.05, 0.1) is 6.20 Å². The largest absolute Gasteiger partial charge is 0.337 e. The maximum Gasteiger partial charge on any atom is 0.329 e. The molecule has 0 aliphatic carbocycles. The molecule has 0 spiro atoms. The normalized spacial score (nSPS) is 9.18. The van der Waals surface area contributed by atoms with E-state index in [1.54, 1.807) is 6.07 Å². The number of hydrogen-bond donors (Lipinski definition) is 0. The third-order valence-corrected chi connectivity index (χ3v) is 1.06. The van der Waals surface area contributed by atoms with Gasteiger partial charge in [-0.3, -0.25) is 4.79 Å². The van der Waals surface area contributed by atoms with Crippen LogP contribution in [-0.4, -0.2) is 17.0 Å². The summed E-state index contributed by atoms with van der Waals surface area (Å²) in [5, 5.41) is 0. The van der Waals surface area contributed by atoms with Gasteiger partial charge in [-0.2, -0.15) is 4.73 Å². The SMILES string of the molecule is CC(=O)On1ccc(C=O)c1. The van der Waals surface area contributed by atoms with Crippen LogP contribution in [0.2, 0.25) is 0 Å². The fourth-order valence-corrected chi connectivity index (χ4v) is 0.667. The summed E-state index contributed by atoms with van der Waals surface area (Å²) in [5.41, 5.74) is 0.478. The van der Waals surface area contributed by atoms with E-state index in [0.717, 1.165) is 0 Å². The van der Waals surface area contributed by atoms with E-state index in [2.05, 4.69) is 4.84 Å². The van der Waals surface area contributed by atoms with Crippen molar-refractivity contribution in [1.29, 1.82) is 0 Å². The van der Waals surface area contributed by atoms with E-state index in [4.69, 9.17) is 0 Å². The molecule has 1 heterocycles. The summed E-state index contributed by atoms with van der Waals surface area (Å²) in [6.45, 7) is 1.29. The molecule has 0 bridgehead atoms. The average Bonchev–Trinajstić information content (AvgIpc) is 2.34. The van der Waals surface area contributed by atoms with Crippen molar-refractivity contribution >= 4 is 12.3 Å². The van der Waals surface area contributed by atoms with Crippen LogP contribution < -0.4 is 4.84 Å². The Morgan fingerprint density at radius 1 is 1.73 bits per heavy atom. The van der Waals surface area contributed by atoms with E-state index < -0.39 is 5.97 Å². The number of hydrogen-bond acceptors (Lipinski definition) is 3. The van der Waals surface area contributed by atoms with Gasteiger partial charge in [0.25, 0.3) is 0 Å². The minimum absolute atomic E-state index is 0.418. The van der Waals surface area contributed by atoms with Crippen LogP contribution in [0.15, 0.2) is 18.5 Å². The average molecular weight is 153 g/mol. The molecule has 0 aliphatic rings. The number of carbonyl (C=O) groups excluding carboxylic acids is 2. The minimum atomic E-state index is -0.418. The predicted molar refractivity (Wildman–Crippen MR) is 37.1 cm³/mol. The molecule has 0 saturated carbocycles. The van der Waals surface area contributed by atoms with Crippen LogP contribution in [0.25, 0.3) is 0 Å². The van der Waals surface area contributed by atoms with Gasteiger partial charge in [0.15, 0.2) is 6.29 Å². The zero-order valence-electron chi connectivity index (χ0n) is 5.98. The molecular weight excluding hydrogens is 146 g/mol. The minimum Gasteiger partial charge on any atom is -0.337 e. The van der Waals surface area contributed by atoms with Gasteiger partial charge in [-0.25, -0.2) is 4.79 Å². The van der Waals surface area contributed by atoms with Crippen LogP contribution in [0.1, 0.15) is 17.3 Å². The molecule has 1 aromatic rings. The lowest BCUT2D eigenvalue weighted by Gasteiger charge is -1.97. The van der Waals surface area contributed by atoms with E-state index in [0.29, 0.717) is 11.8 Å². The summed E-state index contributed by atoms with van der Waals surface area (Å²) >= 11 is 0. The van der Waals surface area contributed by atoms with Gasteiger partial charge in [-0.05, 0) is 6.07 Å². The maximum atomic E-state index is 10.4. The molecule has 0 saturated heterocycles. The molecule has 0 atom stereocenters. The van der Waals surface area contributed by atoms with E-state index in [9.17, 15) is 9.59 Å². The van der Waals surface area contributed by atoms with Gasteiger partial charge in [0.2, 0.25) is 0 Å². The Hall–Kier alpha value is -1.58. The fraction of sp³-hybridized carbons (Fsp3) is 0.143. The molecule has 4 heteroatoms. The summed E-state index contributed by atoms with van der Waals surface area (Å²) in [4.78, 5) is 25.1. The molecule has 1 rings (SSSR count). The van der Waals surface area contributed by atoms with Crippen LogP contribution in [0.3, 0.4) is 0 Å². The number of aldehydes is 1. The van der Waals surface area contributed by atoms with E-state index in [1.165, 1.54) is 24.0 Å². The van der Waals surface area contributed by atoms with Gasteiger partial charge in [0.1, 0.15) is 0 Å². The van der Waals surface area contributed by atoms with Crippen molar-refractivity contribution in [3.63, 3.8) is 0 Å². The quantitative estimate of drug-likeness (QED) is 0.573. The van der Waals surface area contributed by atoms with Gasteiger partial charge >= 0.3 is 5.97 Å². The van der Waals surface area contributed by atoms with Crippen LogP contribution in [-0.2, 0) is 4.79 Å². The number of aromatic nitrogens is 1. The Morgan fingerprint density at radius 2 is 2.45 bits per heavy atom. The fourth-order valence-electron chi connectivity index (χ4n) is 0.667. The van der Waals surface area contributed by atoms with Crippen molar-refractivity contribution < 1.29 is 14.4 Å². The molecule has 11 heavy (non-hydrogen) atoms. The van der Waals surface area contributed by atoms with Gasteiger partial charge in [0, 0.05) is 18.7 Å². The summed E-state index contributed by atoms with van der Waals surface area (Å²) in [7, 11) is 0. The summed E-state index contributed by atoms with van der Waals surface area (Å²) in [5.74, 6) is -0.418. The van der Waals surface area contributed by atoms with Gasteiger partial charge < -0.3 is 4.84 Å². The molecule has 0 radical (unpaired) electrons. The monoisotopic (exact) mass is 153 g/mol. The second kappa shape index (κ2) is 3.01. The van der Waals surface area contributed by atoms with Crippen molar-refractivity contribution in [2.45, 2.75) is 6.92 Å². The molecule has 58 valence electrons. The van der Waals surface area contributed by atoms with Crippen LogP contribution >= 0.6 is 0 Å². The number of rotatable bonds is 2. The Balaban J connectivity index is 2.72. The molecule has 0 aliphatic heterocycles. The summed E-state index contributed by atoms with van der Waals surface area (Å²) in [6.07, 6.45) is 3.60. The number of carbonyl (C=O) groups is 2. The number of nitrogens with zero attached hydrogens (tertiary/aromatic N) is 1. The van der Waals surface area contributed by atoms with Crippen molar-refractivity contribution in [1.82, 2.24) is 4.73 Å². The summed E-state index contributed by atoms with van der Waals surface area (Å²) < 4.78 is 1.19. The molecule has 0 amide bonds. The highest BCUT2D eigenvalue weighted by Gasteiger charge is 1.96.